The third-order valence-corrected chi connectivity index (χ3v) is 0. The molecule has 5 heavy (non-hydrogen) atoms. The molecule has 0 atom stereocenters. The van der Waals surface area contributed by atoms with Gasteiger partial charge in [-0.15, -0.1) is 6.61 Å². The van der Waals surface area contributed by atoms with E-state index in [0.29, 0.717) is 0 Å². The topological polar surface area (TPSA) is 51.6 Å². The Hall–Kier alpha value is 0.660. The van der Waals surface area contributed by atoms with E-state index >= 15 is 0 Å². The molecule has 30 valence electrons. The van der Waals surface area contributed by atoms with E-state index < -0.39 is 0 Å². The molecule has 0 radical (unpaired) electrons. The van der Waals surface area contributed by atoms with Gasteiger partial charge in [0.25, 0.3) is 0 Å². The second-order valence-corrected chi connectivity index (χ2v) is 0.289. The van der Waals surface area contributed by atoms with Crippen LogP contribution < -0.4 is 5.11 Å². The summed E-state index contributed by atoms with van der Waals surface area (Å²) in [5, 5.41) is 8.93. The van der Waals surface area contributed by atoms with Crippen LogP contribution in [0.4, 0.5) is 0 Å². The maximum Gasteiger partial charge on any atom is 3.00 e. The van der Waals surface area contributed by atoms with Crippen molar-refractivity contribution in [1.82, 2.24) is 0 Å². The molecule has 0 bridgehead atoms. The molecule has 0 aliphatic rings. The molecule has 0 saturated carbocycles. The largest absolute Gasteiger partial charge is 3.00 e. The van der Waals surface area contributed by atoms with Crippen LogP contribution in [0.2, 0.25) is 0 Å². The smallest absolute Gasteiger partial charge is 2.00 e. The molecule has 3 heteroatoms. The molecule has 0 amide bonds. The van der Waals surface area contributed by atoms with Crippen LogP contribution in [0.15, 0.2) is 0 Å². The van der Waals surface area contributed by atoms with Gasteiger partial charge in [0.1, 0.15) is 0 Å². The van der Waals surface area contributed by atoms with Gasteiger partial charge in [0, 0.05) is 0 Å². The van der Waals surface area contributed by atoms with E-state index in [4.69, 9.17) is 5.11 Å². The molecule has 0 heterocycles. The van der Waals surface area contributed by atoms with E-state index in [1.807, 2.05) is 0 Å². The Morgan fingerprint density at radius 2 is 1.60 bits per heavy atom. The fourth-order valence-electron chi connectivity index (χ4n) is 0. The van der Waals surface area contributed by atoms with E-state index in [-0.39, 0.29) is 34.5 Å². The minimum atomic E-state index is 0. The fourth-order valence-corrected chi connectivity index (χ4v) is 0. The minimum absolute atomic E-state index is 0. The molecule has 0 rings (SSSR count). The molecule has 0 saturated heterocycles. The van der Waals surface area contributed by atoms with Crippen LogP contribution in [-0.4, -0.2) is 6.61 Å². The Morgan fingerprint density at radius 3 is 1.60 bits per heavy atom. The van der Waals surface area contributed by atoms with Crippen molar-refractivity contribution in [2.75, 3.05) is 6.61 Å². The maximum absolute atomic E-state index is 8.93. The van der Waals surface area contributed by atoms with E-state index in [0.717, 1.165) is 0 Å². The molecule has 0 unspecified atom stereocenters. The van der Waals surface area contributed by atoms with Crippen molar-refractivity contribution in [3.8, 4) is 0 Å². The van der Waals surface area contributed by atoms with Gasteiger partial charge in [-0.05, 0) is 0 Å². The van der Waals surface area contributed by atoms with Gasteiger partial charge in [0.05, 0.1) is 0 Å². The Bertz CT molecular complexity index is 7.61. The number of hydrogen-bond donors (Lipinski definition) is 0. The summed E-state index contributed by atoms with van der Waals surface area (Å²) in [5.74, 6) is 0. The quantitative estimate of drug-likeness (QED) is 0.423. The standard InChI is InChI=1S/C2H5O.Nb.O/c1-2-3;;/h2H2,1H3;;/q-1;+3;-2. The molecule has 0 aliphatic carbocycles. The van der Waals surface area contributed by atoms with Crippen molar-refractivity contribution < 1.29 is 33.0 Å². The average molecular weight is 154 g/mol. The summed E-state index contributed by atoms with van der Waals surface area (Å²) in [6, 6.07) is 0. The zero-order chi connectivity index (χ0) is 2.71. The summed E-state index contributed by atoms with van der Waals surface area (Å²) in [5.41, 5.74) is 0. The van der Waals surface area contributed by atoms with E-state index in [2.05, 4.69) is 0 Å². The van der Waals surface area contributed by atoms with Gasteiger partial charge in [0.2, 0.25) is 0 Å². The molecule has 2 nitrogen and oxygen atoms in total. The summed E-state index contributed by atoms with van der Waals surface area (Å²) in [4.78, 5) is 0. The summed E-state index contributed by atoms with van der Waals surface area (Å²) in [6.45, 7) is 1.57. The van der Waals surface area contributed by atoms with Gasteiger partial charge in [-0.3, -0.25) is 0 Å². The molecule has 0 spiro atoms. The van der Waals surface area contributed by atoms with Crippen LogP contribution in [-0.2, 0) is 27.9 Å². The normalized spacial score (nSPS) is 3.60. The van der Waals surface area contributed by atoms with Crippen molar-refractivity contribution in [3.05, 3.63) is 0 Å². The summed E-state index contributed by atoms with van der Waals surface area (Å²) < 4.78 is 0. The molecular formula is C2H5NbO2. The fraction of sp³-hybridized carbons (Fsp3) is 1.00. The predicted octanol–water partition coefficient (Wildman–Crippen LogP) is -0.755. The molecule has 0 aromatic rings. The molecule has 0 N–H and O–H groups in total. The molecule has 0 aliphatic heterocycles. The predicted molar refractivity (Wildman–Crippen MR) is 11.2 cm³/mol. The van der Waals surface area contributed by atoms with Crippen LogP contribution >= 0.6 is 0 Å². The first kappa shape index (κ1) is 17.4. The van der Waals surface area contributed by atoms with Crippen LogP contribution in [0, 0.1) is 0 Å². The Morgan fingerprint density at radius 1 is 1.60 bits per heavy atom. The second kappa shape index (κ2) is 22.7. The first-order chi connectivity index (χ1) is 1.41. The first-order valence-corrected chi connectivity index (χ1v) is 0.996. The zero-order valence-corrected chi connectivity index (χ0v) is 5.17. The van der Waals surface area contributed by atoms with Crippen molar-refractivity contribution >= 4 is 0 Å². The average Bonchev–Trinajstić information content (AvgIpc) is 0.918. The number of rotatable bonds is 0. The van der Waals surface area contributed by atoms with Gasteiger partial charge in [-0.25, -0.2) is 0 Å². The van der Waals surface area contributed by atoms with Crippen molar-refractivity contribution in [3.63, 3.8) is 0 Å². The Balaban J connectivity index is -0.0000000200. The Labute approximate surface area is 47.0 Å². The second-order valence-electron chi connectivity index (χ2n) is 0.289. The van der Waals surface area contributed by atoms with Gasteiger partial charge in [-0.1, -0.05) is 6.92 Å². The maximum atomic E-state index is 8.93. The van der Waals surface area contributed by atoms with Crippen molar-refractivity contribution in [2.45, 2.75) is 6.92 Å². The summed E-state index contributed by atoms with van der Waals surface area (Å²) >= 11 is 0. The van der Waals surface area contributed by atoms with Crippen LogP contribution in [0.3, 0.4) is 0 Å². The van der Waals surface area contributed by atoms with Crippen molar-refractivity contribution in [1.29, 1.82) is 0 Å². The van der Waals surface area contributed by atoms with Crippen molar-refractivity contribution in [2.24, 2.45) is 0 Å². The molecule has 0 aromatic heterocycles. The minimum Gasteiger partial charge on any atom is -2.00 e. The molecule has 0 fully saturated rings. The SMILES string of the molecule is CC[O-].[Nb+3].[O-2]. The molecular weight excluding hydrogens is 149 g/mol. The monoisotopic (exact) mass is 154 g/mol. The van der Waals surface area contributed by atoms with Gasteiger partial charge in [0.15, 0.2) is 0 Å². The van der Waals surface area contributed by atoms with E-state index in [9.17, 15) is 0 Å². The summed E-state index contributed by atoms with van der Waals surface area (Å²) in [6.07, 6.45) is 0. The van der Waals surface area contributed by atoms with E-state index in [1.165, 1.54) is 0 Å². The van der Waals surface area contributed by atoms with Crippen LogP contribution in [0.5, 0.6) is 0 Å². The van der Waals surface area contributed by atoms with Crippen LogP contribution in [0.1, 0.15) is 6.92 Å². The zero-order valence-electron chi connectivity index (χ0n) is 2.97. The Kier molecular flexibility index (Phi) is 78.7. The van der Waals surface area contributed by atoms with E-state index in [1.54, 1.807) is 6.92 Å². The van der Waals surface area contributed by atoms with Gasteiger partial charge in [-0.2, -0.15) is 0 Å². The van der Waals surface area contributed by atoms with Gasteiger partial charge >= 0.3 is 22.4 Å². The number of hydrogen-bond acceptors (Lipinski definition) is 1. The summed E-state index contributed by atoms with van der Waals surface area (Å²) in [7, 11) is 0. The third kappa shape index (κ3) is 75.7. The molecule has 0 aromatic carbocycles. The first-order valence-electron chi connectivity index (χ1n) is 0.996. The third-order valence-electron chi connectivity index (χ3n) is 0. The van der Waals surface area contributed by atoms with Gasteiger partial charge < -0.3 is 10.6 Å². The van der Waals surface area contributed by atoms with Crippen LogP contribution in [0.25, 0.3) is 0 Å².